The Hall–Kier alpha value is -2.74. The van der Waals surface area contributed by atoms with Gasteiger partial charge in [-0.3, -0.25) is 0 Å². The summed E-state index contributed by atoms with van der Waals surface area (Å²) in [6, 6.07) is 16.8. The first-order valence-corrected chi connectivity index (χ1v) is 8.89. The van der Waals surface area contributed by atoms with E-state index in [2.05, 4.69) is 0 Å². The van der Waals surface area contributed by atoms with Crippen LogP contribution in [0.5, 0.6) is 0 Å². The molecule has 28 heavy (non-hydrogen) atoms. The van der Waals surface area contributed by atoms with E-state index in [4.69, 9.17) is 18.9 Å². The van der Waals surface area contributed by atoms with Gasteiger partial charge in [0.25, 0.3) is 0 Å². The molecular weight excluding hydrogens is 364 g/mol. The van der Waals surface area contributed by atoms with Gasteiger partial charge in [0.1, 0.15) is 6.10 Å². The van der Waals surface area contributed by atoms with E-state index < -0.39 is 42.6 Å². The van der Waals surface area contributed by atoms with Gasteiger partial charge >= 0.3 is 11.9 Å². The van der Waals surface area contributed by atoms with Crippen molar-refractivity contribution in [3.63, 3.8) is 0 Å². The summed E-state index contributed by atoms with van der Waals surface area (Å²) in [6.07, 6.45) is -5.19. The number of rotatable bonds is 5. The smallest absolute Gasteiger partial charge is 0.338 e. The molecule has 148 valence electrons. The molecule has 1 saturated heterocycles. The number of aliphatic hydroxyl groups is 1. The Morgan fingerprint density at radius 1 is 0.857 bits per heavy atom. The zero-order valence-corrected chi connectivity index (χ0v) is 15.6. The van der Waals surface area contributed by atoms with Gasteiger partial charge in [0.05, 0.1) is 17.2 Å². The molecule has 2 aromatic carbocycles. The predicted octanol–water partition coefficient (Wildman–Crippen LogP) is 2.19. The number of hydrogen-bond acceptors (Lipinski definition) is 7. The van der Waals surface area contributed by atoms with Crippen LogP contribution in [0.3, 0.4) is 0 Å². The molecule has 1 aliphatic heterocycles. The number of carbonyl (C=O) groups is 2. The number of benzene rings is 2. The molecule has 1 fully saturated rings. The van der Waals surface area contributed by atoms with E-state index in [1.807, 2.05) is 0 Å². The highest BCUT2D eigenvalue weighted by Crippen LogP contribution is 2.27. The van der Waals surface area contributed by atoms with E-state index in [1.165, 1.54) is 7.11 Å². The van der Waals surface area contributed by atoms with Gasteiger partial charge < -0.3 is 24.1 Å². The van der Waals surface area contributed by atoms with Gasteiger partial charge in [-0.25, -0.2) is 9.59 Å². The van der Waals surface area contributed by atoms with Crippen LogP contribution in [-0.2, 0) is 18.9 Å². The van der Waals surface area contributed by atoms with Crippen LogP contribution in [0.15, 0.2) is 60.7 Å². The summed E-state index contributed by atoms with van der Waals surface area (Å²) in [5.74, 6) is -1.25. The van der Waals surface area contributed by atoms with Gasteiger partial charge in [0.2, 0.25) is 0 Å². The molecule has 0 radical (unpaired) electrons. The molecule has 0 bridgehead atoms. The second-order valence-corrected chi connectivity index (χ2v) is 6.41. The monoisotopic (exact) mass is 386 g/mol. The predicted molar refractivity (Wildman–Crippen MR) is 98.6 cm³/mol. The first-order chi connectivity index (χ1) is 13.5. The van der Waals surface area contributed by atoms with Crippen molar-refractivity contribution in [3.8, 4) is 0 Å². The normalized spacial score (nSPS) is 27.0. The number of hydrogen-bond donors (Lipinski definition) is 1. The lowest BCUT2D eigenvalue weighted by Gasteiger charge is -2.41. The maximum absolute atomic E-state index is 12.4. The minimum absolute atomic E-state index is 0.320. The van der Waals surface area contributed by atoms with Crippen molar-refractivity contribution in [2.75, 3.05) is 7.11 Å². The molecule has 2 aromatic rings. The fourth-order valence-corrected chi connectivity index (χ4v) is 3.00. The van der Waals surface area contributed by atoms with Gasteiger partial charge in [-0.1, -0.05) is 36.4 Å². The molecule has 1 N–H and O–H groups in total. The van der Waals surface area contributed by atoms with Crippen molar-refractivity contribution in [1.82, 2.24) is 0 Å². The summed E-state index contributed by atoms with van der Waals surface area (Å²) in [5.41, 5.74) is 0.662. The second-order valence-electron chi connectivity index (χ2n) is 6.41. The fourth-order valence-electron chi connectivity index (χ4n) is 3.00. The molecular formula is C21H22O7. The molecule has 0 aliphatic carbocycles. The molecule has 0 unspecified atom stereocenters. The van der Waals surface area contributed by atoms with Gasteiger partial charge in [-0.2, -0.15) is 0 Å². The zero-order chi connectivity index (χ0) is 20.1. The first kappa shape index (κ1) is 20.0. The standard InChI is InChI=1S/C21H22O7/c1-13-17(27-19(23)14-9-5-3-6-10-14)16(22)18(21(25-2)26-13)28-20(24)15-11-7-4-8-12-15/h3-13,16-18,21-22H,1-2H3/t13-,16-,17-,18-,21+/m1/s1. The molecule has 5 atom stereocenters. The van der Waals surface area contributed by atoms with Crippen LogP contribution in [0.4, 0.5) is 0 Å². The average Bonchev–Trinajstić information content (AvgIpc) is 2.73. The Morgan fingerprint density at radius 2 is 1.32 bits per heavy atom. The SMILES string of the molecule is CO[C@H]1O[C@H](C)[C@@H](OC(=O)c2ccccc2)[C@@H](O)[C@H]1OC(=O)c1ccccc1. The Kier molecular flexibility index (Phi) is 6.41. The highest BCUT2D eigenvalue weighted by Gasteiger charge is 2.48. The lowest BCUT2D eigenvalue weighted by Crippen LogP contribution is -2.59. The molecule has 3 rings (SSSR count). The van der Waals surface area contributed by atoms with Gasteiger partial charge in [0, 0.05) is 7.11 Å². The highest BCUT2D eigenvalue weighted by molar-refractivity contribution is 5.90. The lowest BCUT2D eigenvalue weighted by atomic mass is 9.99. The maximum atomic E-state index is 12.4. The molecule has 0 aromatic heterocycles. The summed E-state index contributed by atoms with van der Waals surface area (Å²) in [6.45, 7) is 1.65. The zero-order valence-electron chi connectivity index (χ0n) is 15.6. The second kappa shape index (κ2) is 8.97. The number of esters is 2. The number of methoxy groups -OCH3 is 1. The third kappa shape index (κ3) is 4.39. The molecule has 1 aliphatic rings. The van der Waals surface area contributed by atoms with Crippen LogP contribution in [0.1, 0.15) is 27.6 Å². The van der Waals surface area contributed by atoms with E-state index >= 15 is 0 Å². The van der Waals surface area contributed by atoms with Gasteiger partial charge in [0.15, 0.2) is 18.5 Å². The molecule has 7 nitrogen and oxygen atoms in total. The van der Waals surface area contributed by atoms with E-state index in [1.54, 1.807) is 67.6 Å². The summed E-state index contributed by atoms with van der Waals surface area (Å²) in [7, 11) is 1.38. The average molecular weight is 386 g/mol. The molecule has 7 heteroatoms. The van der Waals surface area contributed by atoms with Crippen LogP contribution in [0.2, 0.25) is 0 Å². The maximum Gasteiger partial charge on any atom is 0.338 e. The number of carbonyl (C=O) groups excluding carboxylic acids is 2. The van der Waals surface area contributed by atoms with Crippen LogP contribution >= 0.6 is 0 Å². The molecule has 0 amide bonds. The lowest BCUT2D eigenvalue weighted by molar-refractivity contribution is -0.284. The minimum atomic E-state index is -1.32. The molecule has 0 saturated carbocycles. The van der Waals surface area contributed by atoms with Crippen molar-refractivity contribution < 1.29 is 33.6 Å². The quantitative estimate of drug-likeness (QED) is 0.788. The van der Waals surface area contributed by atoms with E-state index in [-0.39, 0.29) is 0 Å². The van der Waals surface area contributed by atoms with Gasteiger partial charge in [-0.15, -0.1) is 0 Å². The van der Waals surface area contributed by atoms with Crippen LogP contribution in [0.25, 0.3) is 0 Å². The van der Waals surface area contributed by atoms with E-state index in [0.717, 1.165) is 0 Å². The van der Waals surface area contributed by atoms with Crippen LogP contribution in [-0.4, -0.2) is 54.9 Å². The molecule has 0 spiro atoms. The van der Waals surface area contributed by atoms with E-state index in [9.17, 15) is 14.7 Å². The molecule has 1 heterocycles. The van der Waals surface area contributed by atoms with Crippen LogP contribution in [0, 0.1) is 0 Å². The van der Waals surface area contributed by atoms with Crippen molar-refractivity contribution in [2.45, 2.75) is 37.6 Å². The highest BCUT2D eigenvalue weighted by atomic mass is 16.7. The Labute approximate surface area is 162 Å². The largest absolute Gasteiger partial charge is 0.453 e. The third-order valence-corrected chi connectivity index (χ3v) is 4.49. The van der Waals surface area contributed by atoms with Crippen molar-refractivity contribution in [1.29, 1.82) is 0 Å². The van der Waals surface area contributed by atoms with Gasteiger partial charge in [-0.05, 0) is 31.2 Å². The van der Waals surface area contributed by atoms with Crippen LogP contribution < -0.4 is 0 Å². The first-order valence-electron chi connectivity index (χ1n) is 8.89. The number of ether oxygens (including phenoxy) is 4. The summed E-state index contributed by atoms with van der Waals surface area (Å²) in [5, 5.41) is 10.8. The van der Waals surface area contributed by atoms with Crippen molar-refractivity contribution >= 4 is 11.9 Å². The summed E-state index contributed by atoms with van der Waals surface area (Å²) < 4.78 is 21.8. The summed E-state index contributed by atoms with van der Waals surface area (Å²) >= 11 is 0. The van der Waals surface area contributed by atoms with Crippen molar-refractivity contribution in [2.24, 2.45) is 0 Å². The van der Waals surface area contributed by atoms with Crippen molar-refractivity contribution in [3.05, 3.63) is 71.8 Å². The van der Waals surface area contributed by atoms with E-state index in [0.29, 0.717) is 11.1 Å². The fraction of sp³-hybridized carbons (Fsp3) is 0.333. The Bertz CT molecular complexity index is 793. The minimum Gasteiger partial charge on any atom is -0.453 e. The Balaban J connectivity index is 1.75. The Morgan fingerprint density at radius 3 is 1.79 bits per heavy atom. The third-order valence-electron chi connectivity index (χ3n) is 4.49. The topological polar surface area (TPSA) is 91.3 Å². The number of aliphatic hydroxyl groups excluding tert-OH is 1. The summed E-state index contributed by atoms with van der Waals surface area (Å²) in [4.78, 5) is 24.8.